The molecule has 0 radical (unpaired) electrons. The van der Waals surface area contributed by atoms with Gasteiger partial charge < -0.3 is 10.5 Å². The average molecular weight is 279 g/mol. The Morgan fingerprint density at radius 2 is 1.89 bits per heavy atom. The highest BCUT2D eigenvalue weighted by atomic mass is 32.1. The molecule has 1 aromatic carbocycles. The highest BCUT2D eigenvalue weighted by Gasteiger charge is 2.03. The number of nitrogens with two attached hydrogens (primary N) is 1. The van der Waals surface area contributed by atoms with E-state index in [-0.39, 0.29) is 12.4 Å². The Kier molecular flexibility index (Phi) is 4.50. The molecule has 1 aromatic heterocycles. The molecule has 0 saturated heterocycles. The molecule has 0 aliphatic carbocycles. The van der Waals surface area contributed by atoms with Crippen LogP contribution in [0.1, 0.15) is 10.4 Å². The minimum absolute atomic E-state index is 0.167. The third-order valence-corrected chi connectivity index (χ3v) is 3.12. The van der Waals surface area contributed by atoms with Crippen LogP contribution in [0.5, 0.6) is 5.75 Å². The lowest BCUT2D eigenvalue weighted by molar-refractivity contribution is 0.306. The van der Waals surface area contributed by atoms with Gasteiger partial charge in [-0.1, -0.05) is 11.8 Å². The molecular weight excluding hydrogens is 268 g/mol. The summed E-state index contributed by atoms with van der Waals surface area (Å²) >= 11 is 1.47. The zero-order valence-electron chi connectivity index (χ0n) is 9.95. The minimum Gasteiger partial charge on any atom is -0.488 e. The van der Waals surface area contributed by atoms with Gasteiger partial charge in [0.15, 0.2) is 0 Å². The molecule has 0 amide bonds. The van der Waals surface area contributed by atoms with E-state index < -0.39 is 11.6 Å². The zero-order chi connectivity index (χ0) is 13.7. The summed E-state index contributed by atoms with van der Waals surface area (Å²) in [7, 11) is 0. The third kappa shape index (κ3) is 4.05. The van der Waals surface area contributed by atoms with E-state index in [1.54, 1.807) is 0 Å². The maximum absolute atomic E-state index is 12.9. The van der Waals surface area contributed by atoms with Crippen LogP contribution in [-0.4, -0.2) is 6.54 Å². The number of benzene rings is 1. The quantitative estimate of drug-likeness (QED) is 0.877. The van der Waals surface area contributed by atoms with Crippen LogP contribution in [0.2, 0.25) is 0 Å². The monoisotopic (exact) mass is 279 g/mol. The van der Waals surface area contributed by atoms with E-state index in [1.165, 1.54) is 11.3 Å². The summed E-state index contributed by atoms with van der Waals surface area (Å²) in [6.45, 7) is 0.558. The summed E-state index contributed by atoms with van der Waals surface area (Å²) < 4.78 is 31.2. The first-order chi connectivity index (χ1) is 9.17. The van der Waals surface area contributed by atoms with Gasteiger partial charge in [0.25, 0.3) is 0 Å². The van der Waals surface area contributed by atoms with Crippen LogP contribution in [-0.2, 0) is 6.61 Å². The van der Waals surface area contributed by atoms with E-state index in [9.17, 15) is 8.78 Å². The van der Waals surface area contributed by atoms with E-state index in [0.29, 0.717) is 6.54 Å². The SMILES string of the molecule is NCC#Cc1csc(COc2cc(F)cc(F)c2)c1. The molecule has 1 heterocycles. The highest BCUT2D eigenvalue weighted by Crippen LogP contribution is 2.19. The molecule has 0 unspecified atom stereocenters. The van der Waals surface area contributed by atoms with Crippen LogP contribution in [0.4, 0.5) is 8.78 Å². The van der Waals surface area contributed by atoms with Crippen molar-refractivity contribution in [3.05, 3.63) is 51.7 Å². The predicted molar refractivity (Wildman–Crippen MR) is 70.9 cm³/mol. The molecule has 0 saturated carbocycles. The maximum atomic E-state index is 12.9. The van der Waals surface area contributed by atoms with Gasteiger partial charge in [-0.15, -0.1) is 11.3 Å². The van der Waals surface area contributed by atoms with Crippen molar-refractivity contribution in [2.75, 3.05) is 6.54 Å². The normalized spacial score (nSPS) is 9.84. The number of hydrogen-bond acceptors (Lipinski definition) is 3. The van der Waals surface area contributed by atoms with Crippen molar-refractivity contribution in [3.8, 4) is 17.6 Å². The molecule has 98 valence electrons. The molecule has 2 aromatic rings. The van der Waals surface area contributed by atoms with Crippen LogP contribution < -0.4 is 10.5 Å². The van der Waals surface area contributed by atoms with E-state index in [2.05, 4.69) is 11.8 Å². The number of hydrogen-bond donors (Lipinski definition) is 1. The van der Waals surface area contributed by atoms with Crippen molar-refractivity contribution < 1.29 is 13.5 Å². The Bertz CT molecular complexity index is 608. The lowest BCUT2D eigenvalue weighted by Crippen LogP contribution is -1.94. The topological polar surface area (TPSA) is 35.2 Å². The smallest absolute Gasteiger partial charge is 0.129 e. The maximum Gasteiger partial charge on any atom is 0.129 e. The fraction of sp³-hybridized carbons (Fsp3) is 0.143. The summed E-state index contributed by atoms with van der Waals surface area (Å²) in [4.78, 5) is 0.922. The molecule has 2 nitrogen and oxygen atoms in total. The van der Waals surface area contributed by atoms with Gasteiger partial charge in [-0.3, -0.25) is 0 Å². The lowest BCUT2D eigenvalue weighted by atomic mass is 10.3. The van der Waals surface area contributed by atoms with Crippen LogP contribution in [0.15, 0.2) is 29.6 Å². The summed E-state index contributed by atoms with van der Waals surface area (Å²) in [5.74, 6) is 4.51. The molecule has 0 aliphatic heterocycles. The van der Waals surface area contributed by atoms with Crippen molar-refractivity contribution in [2.24, 2.45) is 5.73 Å². The van der Waals surface area contributed by atoms with Crippen molar-refractivity contribution in [3.63, 3.8) is 0 Å². The first-order valence-corrected chi connectivity index (χ1v) is 6.40. The third-order valence-electron chi connectivity index (χ3n) is 2.21. The second kappa shape index (κ2) is 6.32. The largest absolute Gasteiger partial charge is 0.488 e. The van der Waals surface area contributed by atoms with Gasteiger partial charge in [0.1, 0.15) is 24.0 Å². The van der Waals surface area contributed by atoms with E-state index in [4.69, 9.17) is 10.5 Å². The number of rotatable bonds is 3. The fourth-order valence-corrected chi connectivity index (χ4v) is 2.17. The second-order valence-corrected chi connectivity index (χ2v) is 4.70. The molecule has 2 rings (SSSR count). The standard InChI is InChI=1S/C14H11F2NOS/c15-11-5-12(16)7-13(6-11)18-8-14-4-10(9-19-14)2-1-3-17/h4-7,9H,3,8,17H2. The van der Waals surface area contributed by atoms with Crippen LogP contribution in [0, 0.1) is 23.5 Å². The zero-order valence-corrected chi connectivity index (χ0v) is 10.8. The molecule has 0 spiro atoms. The molecule has 19 heavy (non-hydrogen) atoms. The Hall–Kier alpha value is -1.90. The van der Waals surface area contributed by atoms with Gasteiger partial charge in [0, 0.05) is 34.0 Å². The molecule has 0 atom stereocenters. The minimum atomic E-state index is -0.657. The molecular formula is C14H11F2NOS. The van der Waals surface area contributed by atoms with Crippen molar-refractivity contribution in [2.45, 2.75) is 6.61 Å². The number of ether oxygens (including phenoxy) is 1. The van der Waals surface area contributed by atoms with Gasteiger partial charge in [0.2, 0.25) is 0 Å². The van der Waals surface area contributed by atoms with Gasteiger partial charge in [-0.25, -0.2) is 8.78 Å². The Morgan fingerprint density at radius 1 is 1.16 bits per heavy atom. The predicted octanol–water partition coefficient (Wildman–Crippen LogP) is 2.92. The van der Waals surface area contributed by atoms with Crippen molar-refractivity contribution in [1.82, 2.24) is 0 Å². The summed E-state index contributed by atoms with van der Waals surface area (Å²) in [6, 6.07) is 4.96. The summed E-state index contributed by atoms with van der Waals surface area (Å²) in [5.41, 5.74) is 6.14. The first kappa shape index (κ1) is 13.5. The number of halogens is 2. The van der Waals surface area contributed by atoms with Crippen LogP contribution in [0.25, 0.3) is 0 Å². The average Bonchev–Trinajstić information content (AvgIpc) is 2.81. The molecule has 2 N–H and O–H groups in total. The lowest BCUT2D eigenvalue weighted by Gasteiger charge is -2.04. The van der Waals surface area contributed by atoms with E-state index >= 15 is 0 Å². The van der Waals surface area contributed by atoms with Crippen molar-refractivity contribution in [1.29, 1.82) is 0 Å². The van der Waals surface area contributed by atoms with Crippen LogP contribution >= 0.6 is 11.3 Å². The second-order valence-electron chi connectivity index (χ2n) is 3.70. The Labute approximate surface area is 113 Å². The van der Waals surface area contributed by atoms with E-state index in [1.807, 2.05) is 11.4 Å². The number of thiophene rings is 1. The van der Waals surface area contributed by atoms with Gasteiger partial charge >= 0.3 is 0 Å². The molecule has 5 heteroatoms. The fourth-order valence-electron chi connectivity index (χ4n) is 1.44. The van der Waals surface area contributed by atoms with Gasteiger partial charge in [-0.2, -0.15) is 0 Å². The summed E-state index contributed by atoms with van der Waals surface area (Å²) in [6.07, 6.45) is 0. The molecule has 0 aliphatic rings. The van der Waals surface area contributed by atoms with Crippen molar-refractivity contribution >= 4 is 11.3 Å². The Morgan fingerprint density at radius 3 is 2.58 bits per heavy atom. The Balaban J connectivity index is 2.00. The van der Waals surface area contributed by atoms with Gasteiger partial charge in [-0.05, 0) is 6.07 Å². The van der Waals surface area contributed by atoms with E-state index in [0.717, 1.165) is 28.6 Å². The summed E-state index contributed by atoms with van der Waals surface area (Å²) in [5, 5.41) is 1.88. The van der Waals surface area contributed by atoms with Crippen LogP contribution in [0.3, 0.4) is 0 Å². The molecule has 0 fully saturated rings. The van der Waals surface area contributed by atoms with Gasteiger partial charge in [0.05, 0.1) is 6.54 Å². The first-order valence-electron chi connectivity index (χ1n) is 5.52. The molecule has 0 bridgehead atoms. The highest BCUT2D eigenvalue weighted by molar-refractivity contribution is 7.10.